The molecule has 0 amide bonds. The minimum absolute atomic E-state index is 0.0271. The molecule has 180 valence electrons. The van der Waals surface area contributed by atoms with Crippen LogP contribution in [-0.2, 0) is 17.6 Å². The molecule has 1 fully saturated rings. The van der Waals surface area contributed by atoms with E-state index in [1.165, 1.54) is 0 Å². The van der Waals surface area contributed by atoms with Gasteiger partial charge in [0.2, 0.25) is 0 Å². The van der Waals surface area contributed by atoms with E-state index in [9.17, 15) is 0 Å². The van der Waals surface area contributed by atoms with E-state index in [2.05, 4.69) is 29.0 Å². The van der Waals surface area contributed by atoms with E-state index in [0.29, 0.717) is 11.6 Å². The summed E-state index contributed by atoms with van der Waals surface area (Å²) in [6.45, 7) is 8.41. The third-order valence-corrected chi connectivity index (χ3v) is 6.40. The number of anilines is 2. The van der Waals surface area contributed by atoms with E-state index >= 15 is 0 Å². The molecule has 3 heterocycles. The molecule has 1 aliphatic rings. The third-order valence-electron chi connectivity index (χ3n) is 6.08. The van der Waals surface area contributed by atoms with Crippen molar-refractivity contribution in [3.8, 4) is 17.0 Å². The van der Waals surface area contributed by atoms with Crippen LogP contribution in [-0.4, -0.2) is 53.9 Å². The summed E-state index contributed by atoms with van der Waals surface area (Å²) in [7, 11) is 1.63. The van der Waals surface area contributed by atoms with E-state index in [1.54, 1.807) is 7.11 Å². The average Bonchev–Trinajstić information content (AvgIpc) is 3.26. The Kier molecular flexibility index (Phi) is 7.85. The highest BCUT2D eigenvalue weighted by molar-refractivity contribution is 6.33. The Labute approximate surface area is 206 Å². The molecule has 4 rings (SSSR count). The van der Waals surface area contributed by atoms with E-state index in [0.717, 1.165) is 66.0 Å². The van der Waals surface area contributed by atoms with Crippen LogP contribution in [0.5, 0.6) is 5.75 Å². The molecule has 1 aromatic carbocycles. The molecule has 7 nitrogen and oxygen atoms in total. The standard InChI is InChI=1S/C26H32ClN5O2/c1-5-20-25(18-12-11-17(33-4)14-19(18)27)29-21(6-2)26(30-20)31-22-15-32(16-23(22)34-7-3)24-10-8-9-13-28-24/h8-14,22-23H,5-7,15-16H2,1-4H3,(H,30,31)/t22-,23-/m1/s1. The predicted octanol–water partition coefficient (Wildman–Crippen LogP) is 5.03. The van der Waals surface area contributed by atoms with Crippen LogP contribution in [0.4, 0.5) is 11.6 Å². The molecule has 8 heteroatoms. The summed E-state index contributed by atoms with van der Waals surface area (Å²) >= 11 is 6.58. The fraction of sp³-hybridized carbons (Fsp3) is 0.423. The Hall–Kier alpha value is -2.90. The highest BCUT2D eigenvalue weighted by atomic mass is 35.5. The summed E-state index contributed by atoms with van der Waals surface area (Å²) in [4.78, 5) is 16.8. The lowest BCUT2D eigenvalue weighted by molar-refractivity contribution is 0.0719. The Morgan fingerprint density at radius 2 is 1.88 bits per heavy atom. The van der Waals surface area contributed by atoms with Crippen molar-refractivity contribution in [3.05, 3.63) is 59.0 Å². The summed E-state index contributed by atoms with van der Waals surface area (Å²) in [6, 6.07) is 11.7. The van der Waals surface area contributed by atoms with Crippen molar-refractivity contribution in [2.45, 2.75) is 45.8 Å². The minimum Gasteiger partial charge on any atom is -0.497 e. The molecule has 3 aromatic rings. The number of methoxy groups -OCH3 is 1. The highest BCUT2D eigenvalue weighted by Crippen LogP contribution is 2.33. The van der Waals surface area contributed by atoms with Crippen molar-refractivity contribution in [3.63, 3.8) is 0 Å². The first kappa shape index (κ1) is 24.2. The molecule has 2 atom stereocenters. The lowest BCUT2D eigenvalue weighted by atomic mass is 10.1. The SMILES string of the molecule is CCO[C@@H]1CN(c2ccccn2)C[C@H]1Nc1nc(CC)c(-c2ccc(OC)cc2Cl)nc1CC. The zero-order chi connectivity index (χ0) is 24.1. The van der Waals surface area contributed by atoms with Crippen LogP contribution in [0.15, 0.2) is 42.6 Å². The summed E-state index contributed by atoms with van der Waals surface area (Å²) < 4.78 is 11.4. The van der Waals surface area contributed by atoms with Gasteiger partial charge >= 0.3 is 0 Å². The number of pyridine rings is 1. The van der Waals surface area contributed by atoms with Gasteiger partial charge in [-0.25, -0.2) is 15.0 Å². The quantitative estimate of drug-likeness (QED) is 0.459. The van der Waals surface area contributed by atoms with Gasteiger partial charge in [0, 0.05) is 31.5 Å². The molecule has 1 aliphatic heterocycles. The van der Waals surface area contributed by atoms with Gasteiger partial charge in [-0.3, -0.25) is 0 Å². The van der Waals surface area contributed by atoms with Crippen LogP contribution < -0.4 is 15.0 Å². The molecule has 0 aliphatic carbocycles. The van der Waals surface area contributed by atoms with Crippen LogP contribution >= 0.6 is 11.6 Å². The number of hydrogen-bond donors (Lipinski definition) is 1. The zero-order valence-electron chi connectivity index (χ0n) is 20.2. The van der Waals surface area contributed by atoms with Gasteiger partial charge in [0.25, 0.3) is 0 Å². The maximum absolute atomic E-state index is 6.58. The fourth-order valence-corrected chi connectivity index (χ4v) is 4.60. The number of benzene rings is 1. The number of nitrogens with zero attached hydrogens (tertiary/aromatic N) is 4. The van der Waals surface area contributed by atoms with Crippen molar-refractivity contribution in [2.24, 2.45) is 0 Å². The maximum Gasteiger partial charge on any atom is 0.148 e. The van der Waals surface area contributed by atoms with Crippen LogP contribution in [0.3, 0.4) is 0 Å². The summed E-state index contributed by atoms with van der Waals surface area (Å²) in [5, 5.41) is 4.26. The van der Waals surface area contributed by atoms with Crippen LogP contribution in [0.2, 0.25) is 5.02 Å². The summed E-state index contributed by atoms with van der Waals surface area (Å²) in [5.74, 6) is 2.48. The van der Waals surface area contributed by atoms with Gasteiger partial charge < -0.3 is 19.7 Å². The number of halogens is 1. The molecule has 0 spiro atoms. The van der Waals surface area contributed by atoms with Gasteiger partial charge in [0.15, 0.2) is 0 Å². The first-order chi connectivity index (χ1) is 16.6. The number of aromatic nitrogens is 3. The normalized spacial score (nSPS) is 17.7. The van der Waals surface area contributed by atoms with Gasteiger partial charge in [0.1, 0.15) is 17.4 Å². The molecule has 34 heavy (non-hydrogen) atoms. The van der Waals surface area contributed by atoms with Crippen LogP contribution in [0.1, 0.15) is 32.2 Å². The molecule has 0 bridgehead atoms. The van der Waals surface area contributed by atoms with Crippen molar-refractivity contribution >= 4 is 23.2 Å². The van der Waals surface area contributed by atoms with E-state index in [1.807, 2.05) is 49.5 Å². The molecule has 0 unspecified atom stereocenters. The molecule has 1 N–H and O–H groups in total. The topological polar surface area (TPSA) is 72.4 Å². The number of nitrogens with one attached hydrogen (secondary N) is 1. The summed E-state index contributed by atoms with van der Waals surface area (Å²) in [6.07, 6.45) is 3.33. The van der Waals surface area contributed by atoms with Gasteiger partial charge in [-0.05, 0) is 50.1 Å². The lowest BCUT2D eigenvalue weighted by Gasteiger charge is -2.22. The van der Waals surface area contributed by atoms with Gasteiger partial charge in [-0.15, -0.1) is 0 Å². The second-order valence-electron chi connectivity index (χ2n) is 8.20. The van der Waals surface area contributed by atoms with Crippen molar-refractivity contribution in [1.29, 1.82) is 0 Å². The Morgan fingerprint density at radius 3 is 2.53 bits per heavy atom. The molecule has 2 aromatic heterocycles. The Morgan fingerprint density at radius 1 is 1.06 bits per heavy atom. The molecule has 0 radical (unpaired) electrons. The van der Waals surface area contributed by atoms with E-state index < -0.39 is 0 Å². The second kappa shape index (κ2) is 11.0. The largest absolute Gasteiger partial charge is 0.497 e. The van der Waals surface area contributed by atoms with Crippen molar-refractivity contribution in [1.82, 2.24) is 15.0 Å². The highest BCUT2D eigenvalue weighted by Gasteiger charge is 2.35. The van der Waals surface area contributed by atoms with Gasteiger partial charge in [0.05, 0.1) is 41.4 Å². The predicted molar refractivity (Wildman–Crippen MR) is 137 cm³/mol. The molecule has 1 saturated heterocycles. The fourth-order valence-electron chi connectivity index (χ4n) is 4.34. The third kappa shape index (κ3) is 5.10. The number of rotatable bonds is 9. The Balaban J connectivity index is 1.65. The smallest absolute Gasteiger partial charge is 0.148 e. The monoisotopic (exact) mass is 481 g/mol. The Bertz CT molecular complexity index is 1110. The maximum atomic E-state index is 6.58. The minimum atomic E-state index is 0.0271. The zero-order valence-corrected chi connectivity index (χ0v) is 21.0. The molecular formula is C26H32ClN5O2. The van der Waals surface area contributed by atoms with Crippen LogP contribution in [0, 0.1) is 0 Å². The lowest BCUT2D eigenvalue weighted by Crippen LogP contribution is -2.35. The number of aryl methyl sites for hydroxylation is 2. The van der Waals surface area contributed by atoms with Crippen molar-refractivity contribution in [2.75, 3.05) is 37.0 Å². The van der Waals surface area contributed by atoms with Gasteiger partial charge in [-0.1, -0.05) is 31.5 Å². The first-order valence-corrected chi connectivity index (χ1v) is 12.2. The summed E-state index contributed by atoms with van der Waals surface area (Å²) in [5.41, 5.74) is 3.49. The van der Waals surface area contributed by atoms with E-state index in [-0.39, 0.29) is 12.1 Å². The molecular weight excluding hydrogens is 450 g/mol. The first-order valence-electron chi connectivity index (χ1n) is 11.9. The van der Waals surface area contributed by atoms with Gasteiger partial charge in [-0.2, -0.15) is 0 Å². The number of hydrogen-bond acceptors (Lipinski definition) is 7. The molecule has 0 saturated carbocycles. The van der Waals surface area contributed by atoms with Crippen molar-refractivity contribution < 1.29 is 9.47 Å². The average molecular weight is 482 g/mol. The van der Waals surface area contributed by atoms with Crippen LogP contribution in [0.25, 0.3) is 11.3 Å². The van der Waals surface area contributed by atoms with E-state index in [4.69, 9.17) is 31.0 Å². The second-order valence-corrected chi connectivity index (χ2v) is 8.61. The number of ether oxygens (including phenoxy) is 2.